The van der Waals surface area contributed by atoms with Gasteiger partial charge in [-0.25, -0.2) is 0 Å². The zero-order valence-electron chi connectivity index (χ0n) is 26.2. The highest BCUT2D eigenvalue weighted by molar-refractivity contribution is 7.80. The van der Waals surface area contributed by atoms with Gasteiger partial charge in [-0.05, 0) is 119 Å². The lowest BCUT2D eigenvalue weighted by atomic mass is 9.96. The quantitative estimate of drug-likeness (QED) is 0.197. The molecule has 1 amide bonds. The molecule has 2 atom stereocenters. The Bertz CT molecular complexity index is 1610. The number of aromatic nitrogens is 2. The first-order chi connectivity index (χ1) is 20.6. The summed E-state index contributed by atoms with van der Waals surface area (Å²) in [4.78, 5) is 21.7. The summed E-state index contributed by atoms with van der Waals surface area (Å²) in [5, 5.41) is 7.28. The van der Waals surface area contributed by atoms with Crippen LogP contribution in [0.2, 0.25) is 0 Å². The Morgan fingerprint density at radius 2 is 1.70 bits per heavy atom. The van der Waals surface area contributed by atoms with Gasteiger partial charge in [-0.15, -0.1) is 0 Å². The van der Waals surface area contributed by atoms with E-state index < -0.39 is 0 Å². The number of aryl methyl sites for hydroxylation is 2. The van der Waals surface area contributed by atoms with Crippen molar-refractivity contribution in [1.29, 1.82) is 0 Å². The minimum absolute atomic E-state index is 0.000119. The highest BCUT2D eigenvalue weighted by Gasteiger charge is 2.42. The zero-order valence-corrected chi connectivity index (χ0v) is 27.0. The van der Waals surface area contributed by atoms with Crippen molar-refractivity contribution in [3.8, 4) is 5.69 Å². The Morgan fingerprint density at radius 3 is 2.30 bits per heavy atom. The van der Waals surface area contributed by atoms with Crippen LogP contribution in [0.4, 0.5) is 17.1 Å². The van der Waals surface area contributed by atoms with Crippen LogP contribution in [0.3, 0.4) is 0 Å². The van der Waals surface area contributed by atoms with E-state index in [1.54, 1.807) is 0 Å². The Kier molecular flexibility index (Phi) is 8.87. The molecule has 4 aromatic rings. The van der Waals surface area contributed by atoms with E-state index in [1.165, 1.54) is 11.3 Å². The van der Waals surface area contributed by atoms with Crippen LogP contribution < -0.4 is 20.4 Å². The van der Waals surface area contributed by atoms with Crippen LogP contribution in [0.5, 0.6) is 0 Å². The van der Waals surface area contributed by atoms with Crippen LogP contribution in [0.25, 0.3) is 5.69 Å². The number of pyridine rings is 1. The summed E-state index contributed by atoms with van der Waals surface area (Å²) >= 11 is 6.00. The van der Waals surface area contributed by atoms with E-state index in [0.717, 1.165) is 52.8 Å². The second kappa shape index (κ2) is 12.6. The van der Waals surface area contributed by atoms with Gasteiger partial charge in [0, 0.05) is 59.3 Å². The molecule has 0 spiro atoms. The lowest BCUT2D eigenvalue weighted by Crippen LogP contribution is -2.29. The Hall–Kier alpha value is -4.17. The molecule has 1 fully saturated rings. The third kappa shape index (κ3) is 5.89. The third-order valence-electron chi connectivity index (χ3n) is 8.39. The molecule has 43 heavy (non-hydrogen) atoms. The fraction of sp³-hybridized carbons (Fsp3) is 0.343. The molecule has 1 saturated heterocycles. The monoisotopic (exact) mass is 594 g/mol. The molecule has 5 rings (SSSR count). The molecule has 2 N–H and O–H groups in total. The molecule has 2 aromatic carbocycles. The molecule has 1 aliphatic rings. The van der Waals surface area contributed by atoms with Crippen LogP contribution >= 0.6 is 12.2 Å². The summed E-state index contributed by atoms with van der Waals surface area (Å²) in [5.41, 5.74) is 9.55. The molecule has 0 bridgehead atoms. The van der Waals surface area contributed by atoms with Gasteiger partial charge >= 0.3 is 0 Å². The summed E-state index contributed by atoms with van der Waals surface area (Å²) < 4.78 is 2.33. The van der Waals surface area contributed by atoms with Crippen molar-refractivity contribution in [2.45, 2.75) is 60.5 Å². The lowest BCUT2D eigenvalue weighted by molar-refractivity contribution is -0.118. The van der Waals surface area contributed by atoms with E-state index in [4.69, 9.17) is 17.2 Å². The highest BCUT2D eigenvalue weighted by Crippen LogP contribution is 2.44. The number of rotatable bonds is 9. The second-order valence-corrected chi connectivity index (χ2v) is 11.9. The number of hydrogen-bond donors (Lipinski definition) is 2. The zero-order chi connectivity index (χ0) is 30.8. The molecule has 3 heterocycles. The van der Waals surface area contributed by atoms with E-state index in [2.05, 4.69) is 95.2 Å². The van der Waals surface area contributed by atoms with E-state index in [9.17, 15) is 4.79 Å². The minimum Gasteiger partial charge on any atom is -0.372 e. The first-order valence-electron chi connectivity index (χ1n) is 15.1. The number of carbonyl (C=O) groups is 1. The predicted octanol–water partition coefficient (Wildman–Crippen LogP) is 7.42. The summed E-state index contributed by atoms with van der Waals surface area (Å²) in [6, 6.07) is 22.9. The molecule has 8 heteroatoms. The molecule has 7 nitrogen and oxygen atoms in total. The summed E-state index contributed by atoms with van der Waals surface area (Å²) in [5.74, 6) is -0.0958. The van der Waals surface area contributed by atoms with Crippen LogP contribution in [0.1, 0.15) is 68.0 Å². The van der Waals surface area contributed by atoms with Gasteiger partial charge in [0.15, 0.2) is 5.11 Å². The first-order valence-corrected chi connectivity index (χ1v) is 15.5. The smallest absolute Gasteiger partial charge is 0.226 e. The Labute approximate surface area is 260 Å². The van der Waals surface area contributed by atoms with Gasteiger partial charge in [0.1, 0.15) is 0 Å². The molecule has 2 aromatic heterocycles. The highest BCUT2D eigenvalue weighted by atomic mass is 32.1. The van der Waals surface area contributed by atoms with Crippen LogP contribution in [0.15, 0.2) is 72.9 Å². The van der Waals surface area contributed by atoms with Gasteiger partial charge in [0.05, 0.1) is 17.8 Å². The lowest BCUT2D eigenvalue weighted by Gasteiger charge is -2.29. The number of hydrogen-bond acceptors (Lipinski definition) is 4. The van der Waals surface area contributed by atoms with Gasteiger partial charge in [-0.3, -0.25) is 9.78 Å². The van der Waals surface area contributed by atoms with Crippen LogP contribution in [-0.4, -0.2) is 33.7 Å². The number of anilines is 3. The van der Waals surface area contributed by atoms with Gasteiger partial charge in [-0.2, -0.15) is 0 Å². The topological polar surface area (TPSA) is 65.4 Å². The molecule has 0 radical (unpaired) electrons. The van der Waals surface area contributed by atoms with Crippen molar-refractivity contribution in [3.63, 3.8) is 0 Å². The maximum absolute atomic E-state index is 12.4. The fourth-order valence-electron chi connectivity index (χ4n) is 6.05. The van der Waals surface area contributed by atoms with Gasteiger partial charge in [-0.1, -0.05) is 19.9 Å². The second-order valence-electron chi connectivity index (χ2n) is 11.5. The summed E-state index contributed by atoms with van der Waals surface area (Å²) in [6.07, 6.45) is 1.83. The maximum atomic E-state index is 12.4. The van der Waals surface area contributed by atoms with Gasteiger partial charge in [0.25, 0.3) is 0 Å². The Balaban J connectivity index is 1.58. The van der Waals surface area contributed by atoms with Crippen molar-refractivity contribution < 1.29 is 4.79 Å². The standard InChI is InChI=1S/C35H42N6OS/c1-8-39(9-2)26-13-15-27(16-14-26)40-24(6)21-29(25(40)7)33-32(31-12-10-11-19-36-31)38-35(43)41(33)28-17-18-30(23(5)20-28)37-34(42)22(3)4/h10-22,32-33H,8-9H2,1-7H3,(H,37,42)(H,38,43)/t32-,33-/m0/s1. The molecular formula is C35H42N6OS. The number of carbonyl (C=O) groups excluding carboxylic acids is 1. The van der Waals surface area contributed by atoms with Crippen LogP contribution in [0, 0.1) is 26.7 Å². The van der Waals surface area contributed by atoms with Crippen molar-refractivity contribution >= 4 is 40.3 Å². The number of thiocarbonyl (C=S) groups is 1. The van der Waals surface area contributed by atoms with Crippen molar-refractivity contribution in [2.75, 3.05) is 28.2 Å². The molecule has 1 aliphatic heterocycles. The largest absolute Gasteiger partial charge is 0.372 e. The van der Waals surface area contributed by atoms with Gasteiger partial charge in [0.2, 0.25) is 5.91 Å². The fourth-order valence-corrected chi connectivity index (χ4v) is 6.40. The van der Waals surface area contributed by atoms with E-state index in [-0.39, 0.29) is 23.9 Å². The number of amides is 1. The molecule has 224 valence electrons. The van der Waals surface area contributed by atoms with Crippen molar-refractivity contribution in [2.24, 2.45) is 5.92 Å². The average Bonchev–Trinajstić information content (AvgIpc) is 3.50. The predicted molar refractivity (Wildman–Crippen MR) is 181 cm³/mol. The SMILES string of the molecule is CCN(CC)c1ccc(-n2c(C)cc([C@H]3[C@H](c4ccccn4)NC(=S)N3c3ccc(NC(=O)C(C)C)c(C)c3)c2C)cc1. The minimum atomic E-state index is -0.145. The maximum Gasteiger partial charge on any atom is 0.226 e. The number of nitrogens with zero attached hydrogens (tertiary/aromatic N) is 4. The normalized spacial score (nSPS) is 16.5. The van der Waals surface area contributed by atoms with Crippen molar-refractivity contribution in [3.05, 3.63) is 101 Å². The average molecular weight is 595 g/mol. The summed E-state index contributed by atoms with van der Waals surface area (Å²) in [7, 11) is 0. The van der Waals surface area contributed by atoms with Crippen LogP contribution in [-0.2, 0) is 4.79 Å². The van der Waals surface area contributed by atoms with E-state index in [1.807, 2.05) is 51.2 Å². The number of nitrogens with one attached hydrogen (secondary N) is 2. The summed E-state index contributed by atoms with van der Waals surface area (Å²) in [6.45, 7) is 16.5. The molecule has 0 unspecified atom stereocenters. The Morgan fingerprint density at radius 1 is 1.00 bits per heavy atom. The first kappa shape index (κ1) is 30.3. The molecule has 0 saturated carbocycles. The number of benzene rings is 2. The van der Waals surface area contributed by atoms with E-state index >= 15 is 0 Å². The molecule has 0 aliphatic carbocycles. The third-order valence-corrected chi connectivity index (χ3v) is 8.71. The van der Waals surface area contributed by atoms with E-state index in [0.29, 0.717) is 5.11 Å². The van der Waals surface area contributed by atoms with Gasteiger partial charge < -0.3 is 25.0 Å². The van der Waals surface area contributed by atoms with Crippen molar-refractivity contribution in [1.82, 2.24) is 14.9 Å². The molecular weight excluding hydrogens is 552 g/mol.